The van der Waals surface area contributed by atoms with Crippen molar-refractivity contribution in [1.82, 2.24) is 0 Å². The van der Waals surface area contributed by atoms with Crippen molar-refractivity contribution in [3.8, 4) is 0 Å². The second kappa shape index (κ2) is 5.38. The fourth-order valence-corrected chi connectivity index (χ4v) is 4.13. The molecule has 106 valence electrons. The van der Waals surface area contributed by atoms with E-state index in [1.807, 2.05) is 13.8 Å². The molecule has 0 saturated heterocycles. The molecule has 0 saturated carbocycles. The van der Waals surface area contributed by atoms with Gasteiger partial charge in [-0.25, -0.2) is 13.2 Å². The van der Waals surface area contributed by atoms with E-state index < -0.39 is 15.8 Å². The lowest BCUT2D eigenvalue weighted by Crippen LogP contribution is -2.08. The molecule has 0 bridgehead atoms. The molecule has 1 heterocycles. The molecule has 0 spiro atoms. The summed E-state index contributed by atoms with van der Waals surface area (Å²) in [7, 11) is -3.54. The normalized spacial score (nSPS) is 11.5. The van der Waals surface area contributed by atoms with E-state index in [2.05, 4.69) is 0 Å². The van der Waals surface area contributed by atoms with Crippen molar-refractivity contribution >= 4 is 27.1 Å². The maximum Gasteiger partial charge on any atom is 0.346 e. The van der Waals surface area contributed by atoms with E-state index in [1.54, 1.807) is 29.6 Å². The van der Waals surface area contributed by atoms with E-state index in [9.17, 15) is 13.2 Å². The first-order valence-electron chi connectivity index (χ1n) is 5.91. The maximum absolute atomic E-state index is 12.3. The number of carboxylic acids is 1. The molecule has 0 aliphatic rings. The van der Waals surface area contributed by atoms with Gasteiger partial charge < -0.3 is 5.11 Å². The average Bonchev–Trinajstić information content (AvgIpc) is 2.80. The van der Waals surface area contributed by atoms with Gasteiger partial charge in [-0.05, 0) is 54.1 Å². The Labute approximate surface area is 121 Å². The first-order valence-corrected chi connectivity index (χ1v) is 8.44. The average molecular weight is 310 g/mol. The molecule has 0 unspecified atom stereocenters. The van der Waals surface area contributed by atoms with Crippen LogP contribution in [0.5, 0.6) is 0 Å². The molecule has 0 atom stereocenters. The molecule has 2 aromatic rings. The van der Waals surface area contributed by atoms with Crippen LogP contribution in [0.2, 0.25) is 0 Å². The summed E-state index contributed by atoms with van der Waals surface area (Å²) in [6, 6.07) is 6.49. The van der Waals surface area contributed by atoms with Crippen molar-refractivity contribution in [2.45, 2.75) is 24.5 Å². The molecule has 1 aromatic heterocycles. The number of carboxylic acid groups (broad SMARTS) is 1. The van der Waals surface area contributed by atoms with Gasteiger partial charge in [-0.15, -0.1) is 11.3 Å². The number of rotatable bonds is 4. The summed E-state index contributed by atoms with van der Waals surface area (Å²) in [5.74, 6) is -1.38. The molecule has 0 fully saturated rings. The number of carbonyl (C=O) groups is 1. The number of hydrogen-bond donors (Lipinski definition) is 1. The number of thiophene rings is 1. The van der Waals surface area contributed by atoms with Crippen molar-refractivity contribution in [3.05, 3.63) is 51.2 Å². The summed E-state index contributed by atoms with van der Waals surface area (Å²) in [6.45, 7) is 3.76. The van der Waals surface area contributed by atoms with E-state index in [1.165, 1.54) is 0 Å². The largest absolute Gasteiger partial charge is 0.477 e. The van der Waals surface area contributed by atoms with Crippen LogP contribution in [0.1, 0.15) is 26.4 Å². The van der Waals surface area contributed by atoms with Crippen LogP contribution in [-0.4, -0.2) is 19.5 Å². The third-order valence-electron chi connectivity index (χ3n) is 3.12. The molecule has 20 heavy (non-hydrogen) atoms. The highest BCUT2D eigenvalue weighted by Crippen LogP contribution is 2.24. The fraction of sp³-hybridized carbons (Fsp3) is 0.214. The predicted molar refractivity (Wildman–Crippen MR) is 78.1 cm³/mol. The SMILES string of the molecule is Cc1ccc(S(=O)(=O)Cc2ccsc2C(=O)O)cc1C. The first kappa shape index (κ1) is 14.7. The van der Waals surface area contributed by atoms with Gasteiger partial charge in [0.05, 0.1) is 10.6 Å². The third-order valence-corrected chi connectivity index (χ3v) is 5.73. The van der Waals surface area contributed by atoms with Gasteiger partial charge in [0.25, 0.3) is 0 Å². The Morgan fingerprint density at radius 2 is 1.90 bits per heavy atom. The summed E-state index contributed by atoms with van der Waals surface area (Å²) in [4.78, 5) is 11.3. The highest BCUT2D eigenvalue weighted by atomic mass is 32.2. The van der Waals surface area contributed by atoms with Crippen LogP contribution in [0.25, 0.3) is 0 Å². The zero-order valence-electron chi connectivity index (χ0n) is 11.1. The molecular formula is C14H14O4S2. The Hall–Kier alpha value is -1.66. The van der Waals surface area contributed by atoms with Gasteiger partial charge in [0, 0.05) is 0 Å². The number of sulfone groups is 1. The van der Waals surface area contributed by atoms with Gasteiger partial charge in [-0.1, -0.05) is 6.07 Å². The number of hydrogen-bond acceptors (Lipinski definition) is 4. The van der Waals surface area contributed by atoms with Crippen LogP contribution >= 0.6 is 11.3 Å². The molecule has 1 aromatic carbocycles. The summed E-state index contributed by atoms with van der Waals surface area (Å²) in [5, 5.41) is 10.6. The van der Waals surface area contributed by atoms with Gasteiger partial charge in [0.2, 0.25) is 0 Å². The van der Waals surface area contributed by atoms with E-state index in [0.717, 1.165) is 22.5 Å². The molecule has 0 amide bonds. The molecule has 2 rings (SSSR count). The highest BCUT2D eigenvalue weighted by molar-refractivity contribution is 7.90. The number of benzene rings is 1. The van der Waals surface area contributed by atoms with E-state index in [0.29, 0.717) is 5.56 Å². The quantitative estimate of drug-likeness (QED) is 0.942. The topological polar surface area (TPSA) is 71.4 Å². The van der Waals surface area contributed by atoms with Crippen molar-refractivity contribution < 1.29 is 18.3 Å². The molecule has 4 nitrogen and oxygen atoms in total. The van der Waals surface area contributed by atoms with E-state index >= 15 is 0 Å². The van der Waals surface area contributed by atoms with Crippen LogP contribution < -0.4 is 0 Å². The lowest BCUT2D eigenvalue weighted by atomic mass is 10.1. The van der Waals surface area contributed by atoms with Gasteiger partial charge in [0.15, 0.2) is 9.84 Å². The zero-order chi connectivity index (χ0) is 14.9. The second-order valence-corrected chi connectivity index (χ2v) is 7.49. The summed E-state index contributed by atoms with van der Waals surface area (Å²) in [5.41, 5.74) is 2.25. The van der Waals surface area contributed by atoms with Gasteiger partial charge in [-0.3, -0.25) is 0 Å². The van der Waals surface area contributed by atoms with Gasteiger partial charge in [-0.2, -0.15) is 0 Å². The summed E-state index contributed by atoms with van der Waals surface area (Å²) >= 11 is 1.04. The van der Waals surface area contributed by atoms with Crippen LogP contribution in [0.15, 0.2) is 34.5 Å². The monoisotopic (exact) mass is 310 g/mol. The fourth-order valence-electron chi connectivity index (χ4n) is 1.83. The van der Waals surface area contributed by atoms with Crippen LogP contribution in [0.4, 0.5) is 0 Å². The molecule has 0 aliphatic carbocycles. The number of aromatic carboxylic acids is 1. The van der Waals surface area contributed by atoms with Gasteiger partial charge >= 0.3 is 5.97 Å². The highest BCUT2D eigenvalue weighted by Gasteiger charge is 2.21. The van der Waals surface area contributed by atoms with E-state index in [4.69, 9.17) is 5.11 Å². The molecule has 0 aliphatic heterocycles. The Bertz CT molecular complexity index is 757. The Kier molecular flexibility index (Phi) is 3.96. The number of aryl methyl sites for hydroxylation is 2. The minimum atomic E-state index is -3.54. The Morgan fingerprint density at radius 3 is 2.50 bits per heavy atom. The zero-order valence-corrected chi connectivity index (χ0v) is 12.7. The minimum Gasteiger partial charge on any atom is -0.477 e. The lowest BCUT2D eigenvalue weighted by Gasteiger charge is -2.07. The van der Waals surface area contributed by atoms with Crippen molar-refractivity contribution in [2.75, 3.05) is 0 Å². The third kappa shape index (κ3) is 2.91. The first-order chi connectivity index (χ1) is 9.31. The van der Waals surface area contributed by atoms with Crippen molar-refractivity contribution in [1.29, 1.82) is 0 Å². The summed E-state index contributed by atoms with van der Waals surface area (Å²) in [6.07, 6.45) is 0. The van der Waals surface area contributed by atoms with Crippen molar-refractivity contribution in [2.24, 2.45) is 0 Å². The van der Waals surface area contributed by atoms with Gasteiger partial charge in [0.1, 0.15) is 4.88 Å². The maximum atomic E-state index is 12.3. The standard InChI is InChI=1S/C14H14O4S2/c1-9-3-4-12(7-10(9)2)20(17,18)8-11-5-6-19-13(11)14(15)16/h3-7H,8H2,1-2H3,(H,15,16). The lowest BCUT2D eigenvalue weighted by molar-refractivity contribution is 0.0701. The van der Waals surface area contributed by atoms with Crippen LogP contribution in [-0.2, 0) is 15.6 Å². The Balaban J connectivity index is 2.38. The van der Waals surface area contributed by atoms with Crippen LogP contribution in [0.3, 0.4) is 0 Å². The van der Waals surface area contributed by atoms with Crippen molar-refractivity contribution in [3.63, 3.8) is 0 Å². The van der Waals surface area contributed by atoms with E-state index in [-0.39, 0.29) is 15.5 Å². The summed E-state index contributed by atoms with van der Waals surface area (Å²) < 4.78 is 24.7. The second-order valence-electron chi connectivity index (χ2n) is 4.59. The molecular weight excluding hydrogens is 296 g/mol. The predicted octanol–water partition coefficient (Wildman–Crippen LogP) is 3.04. The smallest absolute Gasteiger partial charge is 0.346 e. The Morgan fingerprint density at radius 1 is 1.20 bits per heavy atom. The molecule has 1 N–H and O–H groups in total. The molecule has 6 heteroatoms. The minimum absolute atomic E-state index is 0.0809. The van der Waals surface area contributed by atoms with Crippen LogP contribution in [0, 0.1) is 13.8 Å². The molecule has 0 radical (unpaired) electrons.